The van der Waals surface area contributed by atoms with E-state index in [0.29, 0.717) is 6.54 Å². The zero-order valence-electron chi connectivity index (χ0n) is 11.5. The summed E-state index contributed by atoms with van der Waals surface area (Å²) in [5.41, 5.74) is 3.03. The Labute approximate surface area is 118 Å². The Bertz CT molecular complexity index is 546. The fourth-order valence-corrected chi connectivity index (χ4v) is 2.93. The van der Waals surface area contributed by atoms with Crippen LogP contribution >= 0.6 is 0 Å². The lowest BCUT2D eigenvalue weighted by molar-refractivity contribution is 0.163. The van der Waals surface area contributed by atoms with Gasteiger partial charge in [0.15, 0.2) is 0 Å². The minimum absolute atomic E-state index is 0.108. The number of aromatic nitrogens is 3. The first-order chi connectivity index (χ1) is 9.83. The molecule has 0 amide bonds. The second kappa shape index (κ2) is 5.73. The van der Waals surface area contributed by atoms with Crippen LogP contribution in [-0.2, 0) is 6.54 Å². The number of rotatable bonds is 5. The Morgan fingerprint density at radius 1 is 1.30 bits per heavy atom. The van der Waals surface area contributed by atoms with E-state index in [2.05, 4.69) is 20.5 Å². The van der Waals surface area contributed by atoms with Crippen LogP contribution < -0.4 is 5.32 Å². The number of H-pyrrole nitrogens is 1. The molecule has 0 saturated heterocycles. The summed E-state index contributed by atoms with van der Waals surface area (Å²) in [6.45, 7) is 0.911. The Balaban J connectivity index is 1.74. The molecule has 0 unspecified atom stereocenters. The van der Waals surface area contributed by atoms with E-state index in [1.165, 1.54) is 12.8 Å². The van der Waals surface area contributed by atoms with E-state index >= 15 is 0 Å². The molecule has 0 bridgehead atoms. The summed E-state index contributed by atoms with van der Waals surface area (Å²) in [7, 11) is 0. The maximum Gasteiger partial charge on any atom is 0.0710 e. The van der Waals surface area contributed by atoms with Gasteiger partial charge in [-0.2, -0.15) is 5.10 Å². The first-order valence-electron chi connectivity index (χ1n) is 7.11. The number of aromatic amines is 1. The zero-order valence-corrected chi connectivity index (χ0v) is 11.5. The molecule has 1 aliphatic carbocycles. The largest absolute Gasteiger partial charge is 0.394 e. The van der Waals surface area contributed by atoms with Crippen LogP contribution in [0.15, 0.2) is 30.7 Å². The van der Waals surface area contributed by atoms with Crippen molar-refractivity contribution in [2.45, 2.75) is 37.8 Å². The van der Waals surface area contributed by atoms with Gasteiger partial charge in [-0.25, -0.2) is 0 Å². The zero-order chi connectivity index (χ0) is 13.8. The van der Waals surface area contributed by atoms with Crippen molar-refractivity contribution in [1.29, 1.82) is 0 Å². The first kappa shape index (κ1) is 13.3. The Morgan fingerprint density at radius 2 is 2.15 bits per heavy atom. The molecule has 3 N–H and O–H groups in total. The van der Waals surface area contributed by atoms with E-state index in [4.69, 9.17) is 0 Å². The number of nitrogens with zero attached hydrogens (tertiary/aromatic N) is 2. The molecule has 2 aromatic rings. The normalized spacial score (nSPS) is 17.4. The van der Waals surface area contributed by atoms with Gasteiger partial charge in [0.2, 0.25) is 0 Å². The quantitative estimate of drug-likeness (QED) is 0.777. The lowest BCUT2D eigenvalue weighted by Crippen LogP contribution is -2.45. The van der Waals surface area contributed by atoms with Gasteiger partial charge in [-0.3, -0.25) is 10.1 Å². The highest BCUT2D eigenvalue weighted by Gasteiger charge is 2.32. The van der Waals surface area contributed by atoms with Crippen molar-refractivity contribution in [3.05, 3.63) is 36.3 Å². The van der Waals surface area contributed by atoms with Gasteiger partial charge >= 0.3 is 0 Å². The molecule has 0 aliphatic heterocycles. The highest BCUT2D eigenvalue weighted by atomic mass is 16.3. The smallest absolute Gasteiger partial charge is 0.0710 e. The van der Waals surface area contributed by atoms with Crippen molar-refractivity contribution in [2.24, 2.45) is 0 Å². The molecule has 0 radical (unpaired) electrons. The predicted molar refractivity (Wildman–Crippen MR) is 76.9 cm³/mol. The second-order valence-corrected chi connectivity index (χ2v) is 5.51. The van der Waals surface area contributed by atoms with Crippen molar-refractivity contribution < 1.29 is 5.11 Å². The predicted octanol–water partition coefficient (Wildman–Crippen LogP) is 1.87. The average Bonchev–Trinajstić information content (AvgIpc) is 3.16. The molecule has 0 atom stereocenters. The molecule has 20 heavy (non-hydrogen) atoms. The van der Waals surface area contributed by atoms with Crippen LogP contribution in [0.3, 0.4) is 0 Å². The van der Waals surface area contributed by atoms with Crippen molar-refractivity contribution in [1.82, 2.24) is 20.5 Å². The van der Waals surface area contributed by atoms with Crippen LogP contribution in [0.2, 0.25) is 0 Å². The lowest BCUT2D eigenvalue weighted by atomic mass is 9.98. The Morgan fingerprint density at radius 3 is 2.85 bits per heavy atom. The highest BCUT2D eigenvalue weighted by Crippen LogP contribution is 2.30. The highest BCUT2D eigenvalue weighted by molar-refractivity contribution is 5.61. The number of pyridine rings is 1. The van der Waals surface area contributed by atoms with Gasteiger partial charge in [-0.05, 0) is 25.0 Å². The van der Waals surface area contributed by atoms with Crippen molar-refractivity contribution in [3.8, 4) is 11.3 Å². The van der Waals surface area contributed by atoms with Gasteiger partial charge in [0, 0.05) is 35.6 Å². The number of hydrogen-bond acceptors (Lipinski definition) is 4. The number of aliphatic hydroxyl groups is 1. The third kappa shape index (κ3) is 2.59. The third-order valence-electron chi connectivity index (χ3n) is 4.19. The molecular weight excluding hydrogens is 252 g/mol. The minimum atomic E-state index is -0.108. The molecule has 1 fully saturated rings. The van der Waals surface area contributed by atoms with Crippen LogP contribution in [0.1, 0.15) is 31.2 Å². The lowest BCUT2D eigenvalue weighted by Gasteiger charge is -2.28. The van der Waals surface area contributed by atoms with Crippen LogP contribution in [-0.4, -0.2) is 32.4 Å². The van der Waals surface area contributed by atoms with E-state index in [9.17, 15) is 5.11 Å². The second-order valence-electron chi connectivity index (χ2n) is 5.51. The number of aliphatic hydroxyl groups excluding tert-OH is 1. The van der Waals surface area contributed by atoms with Crippen LogP contribution in [0, 0.1) is 0 Å². The maximum atomic E-state index is 9.64. The fourth-order valence-electron chi connectivity index (χ4n) is 2.93. The summed E-state index contributed by atoms with van der Waals surface area (Å²) >= 11 is 0. The van der Waals surface area contributed by atoms with Gasteiger partial charge in [-0.1, -0.05) is 12.8 Å². The third-order valence-corrected chi connectivity index (χ3v) is 4.19. The average molecular weight is 272 g/mol. The molecule has 1 saturated carbocycles. The molecule has 2 heterocycles. The number of hydrogen-bond donors (Lipinski definition) is 3. The molecule has 106 valence electrons. The van der Waals surface area contributed by atoms with Crippen LogP contribution in [0.5, 0.6) is 0 Å². The van der Waals surface area contributed by atoms with Gasteiger partial charge in [-0.15, -0.1) is 0 Å². The fraction of sp³-hybridized carbons (Fsp3) is 0.467. The monoisotopic (exact) mass is 272 g/mol. The SMILES string of the molecule is OCC1(NCc2cn[nH]c2-c2cccnc2)CCCC1. The first-order valence-corrected chi connectivity index (χ1v) is 7.11. The van der Waals surface area contributed by atoms with Crippen molar-refractivity contribution in [3.63, 3.8) is 0 Å². The van der Waals surface area contributed by atoms with Crippen LogP contribution in [0.4, 0.5) is 0 Å². The molecule has 5 nitrogen and oxygen atoms in total. The molecule has 0 spiro atoms. The summed E-state index contributed by atoms with van der Waals surface area (Å²) in [6, 6.07) is 3.93. The molecule has 3 rings (SSSR count). The Hall–Kier alpha value is -1.72. The van der Waals surface area contributed by atoms with Crippen molar-refractivity contribution >= 4 is 0 Å². The van der Waals surface area contributed by atoms with E-state index in [0.717, 1.165) is 29.7 Å². The van der Waals surface area contributed by atoms with Gasteiger partial charge in [0.25, 0.3) is 0 Å². The summed E-state index contributed by atoms with van der Waals surface area (Å²) in [4.78, 5) is 4.14. The summed E-state index contributed by atoms with van der Waals surface area (Å²) < 4.78 is 0. The Kier molecular flexibility index (Phi) is 3.80. The molecule has 5 heteroatoms. The molecular formula is C15H20N4O. The molecule has 1 aliphatic rings. The van der Waals surface area contributed by atoms with E-state index < -0.39 is 0 Å². The van der Waals surface area contributed by atoms with E-state index in [1.807, 2.05) is 24.5 Å². The number of nitrogens with one attached hydrogen (secondary N) is 2. The summed E-state index contributed by atoms with van der Waals surface area (Å²) in [5, 5.41) is 20.3. The maximum absolute atomic E-state index is 9.64. The summed E-state index contributed by atoms with van der Waals surface area (Å²) in [6.07, 6.45) is 9.90. The minimum Gasteiger partial charge on any atom is -0.394 e. The topological polar surface area (TPSA) is 73.8 Å². The van der Waals surface area contributed by atoms with Crippen LogP contribution in [0.25, 0.3) is 11.3 Å². The molecule has 2 aromatic heterocycles. The van der Waals surface area contributed by atoms with E-state index in [-0.39, 0.29) is 12.1 Å². The van der Waals surface area contributed by atoms with Gasteiger partial charge in [0.05, 0.1) is 18.5 Å². The van der Waals surface area contributed by atoms with Gasteiger partial charge < -0.3 is 10.4 Å². The van der Waals surface area contributed by atoms with Gasteiger partial charge in [0.1, 0.15) is 0 Å². The molecule has 0 aromatic carbocycles. The summed E-state index contributed by atoms with van der Waals surface area (Å²) in [5.74, 6) is 0. The van der Waals surface area contributed by atoms with E-state index in [1.54, 1.807) is 6.20 Å². The standard InChI is InChI=1S/C15H20N4O/c20-11-15(5-1-2-6-15)17-9-13-10-18-19-14(13)12-4-3-7-16-8-12/h3-4,7-8,10,17,20H,1-2,5-6,9,11H2,(H,18,19). The van der Waals surface area contributed by atoms with Crippen molar-refractivity contribution in [2.75, 3.05) is 6.61 Å².